The Bertz CT molecular complexity index is 414. The molecule has 5 unspecified atom stereocenters. The Morgan fingerprint density at radius 2 is 1.86 bits per heavy atom. The number of amides is 2. The number of nitrogens with one attached hydrogen (secondary N) is 2. The van der Waals surface area contributed by atoms with Gasteiger partial charge in [0.15, 0.2) is 6.10 Å². The quantitative estimate of drug-likeness (QED) is 0.714. The van der Waals surface area contributed by atoms with Gasteiger partial charge in [0.05, 0.1) is 6.10 Å². The van der Waals surface area contributed by atoms with Crippen molar-refractivity contribution >= 4 is 12.0 Å². The van der Waals surface area contributed by atoms with Gasteiger partial charge in [-0.2, -0.15) is 0 Å². The van der Waals surface area contributed by atoms with Crippen LogP contribution in [0.15, 0.2) is 0 Å². The van der Waals surface area contributed by atoms with Crippen molar-refractivity contribution in [2.45, 2.75) is 50.7 Å². The van der Waals surface area contributed by atoms with Crippen LogP contribution in [0.25, 0.3) is 0 Å². The number of urea groups is 1. The fraction of sp³-hybridized carbons (Fsp3) is 0.867. The molecule has 21 heavy (non-hydrogen) atoms. The summed E-state index contributed by atoms with van der Waals surface area (Å²) in [4.78, 5) is 22.6. The molecule has 0 aromatic heterocycles. The fourth-order valence-corrected chi connectivity index (χ4v) is 4.16. The summed E-state index contributed by atoms with van der Waals surface area (Å²) in [6, 6.07) is -0.167. The first-order valence-corrected chi connectivity index (χ1v) is 8.01. The Hall–Kier alpha value is -1.30. The molecule has 1 saturated heterocycles. The van der Waals surface area contributed by atoms with Gasteiger partial charge in [-0.3, -0.25) is 0 Å². The zero-order chi connectivity index (χ0) is 14.8. The summed E-state index contributed by atoms with van der Waals surface area (Å²) in [5.74, 6) is 1.43. The molecule has 0 radical (unpaired) electrons. The number of carboxylic acids is 1. The zero-order valence-corrected chi connectivity index (χ0v) is 12.2. The monoisotopic (exact) mass is 296 g/mol. The van der Waals surface area contributed by atoms with Crippen LogP contribution in [-0.4, -0.2) is 42.4 Å². The summed E-state index contributed by atoms with van der Waals surface area (Å²) in [6.07, 6.45) is 5.62. The smallest absolute Gasteiger partial charge is 0.332 e. The lowest BCUT2D eigenvalue weighted by Crippen LogP contribution is -2.42. The molecule has 5 atom stereocenters. The van der Waals surface area contributed by atoms with Crippen molar-refractivity contribution in [3.05, 3.63) is 0 Å². The van der Waals surface area contributed by atoms with Crippen molar-refractivity contribution < 1.29 is 19.4 Å². The first kappa shape index (κ1) is 14.6. The minimum atomic E-state index is -0.918. The average molecular weight is 296 g/mol. The molecule has 3 aliphatic rings. The fourth-order valence-electron chi connectivity index (χ4n) is 4.16. The van der Waals surface area contributed by atoms with Crippen LogP contribution in [0.1, 0.15) is 38.5 Å². The summed E-state index contributed by atoms with van der Waals surface area (Å²) >= 11 is 0. The number of aliphatic carboxylic acids is 1. The van der Waals surface area contributed by atoms with E-state index in [2.05, 4.69) is 10.6 Å². The van der Waals surface area contributed by atoms with E-state index in [-0.39, 0.29) is 12.1 Å². The maximum Gasteiger partial charge on any atom is 0.332 e. The topological polar surface area (TPSA) is 87.7 Å². The summed E-state index contributed by atoms with van der Waals surface area (Å²) in [7, 11) is 0. The Morgan fingerprint density at radius 3 is 2.48 bits per heavy atom. The normalized spacial score (nSPS) is 37.6. The molecule has 6 nitrogen and oxygen atoms in total. The number of carboxylic acid groups (broad SMARTS) is 1. The minimum absolute atomic E-state index is 0.167. The third-order valence-corrected chi connectivity index (χ3v) is 5.28. The van der Waals surface area contributed by atoms with Gasteiger partial charge in [0.1, 0.15) is 0 Å². The lowest BCUT2D eigenvalue weighted by Gasteiger charge is -2.22. The molecular formula is C15H24N2O4. The zero-order valence-electron chi connectivity index (χ0n) is 12.2. The summed E-state index contributed by atoms with van der Waals surface area (Å²) in [6.45, 7) is 1.14. The molecule has 1 aliphatic heterocycles. The highest BCUT2D eigenvalue weighted by molar-refractivity contribution is 5.74. The second-order valence-electron chi connectivity index (χ2n) is 6.69. The molecule has 2 amide bonds. The highest BCUT2D eigenvalue weighted by atomic mass is 16.5. The first-order valence-electron chi connectivity index (χ1n) is 8.01. The Kier molecular flexibility index (Phi) is 4.33. The van der Waals surface area contributed by atoms with Crippen LogP contribution >= 0.6 is 0 Å². The molecule has 2 aliphatic carbocycles. The third kappa shape index (κ3) is 3.48. The van der Waals surface area contributed by atoms with Crippen LogP contribution in [0.3, 0.4) is 0 Å². The van der Waals surface area contributed by atoms with Crippen molar-refractivity contribution in [2.24, 2.45) is 17.8 Å². The third-order valence-electron chi connectivity index (χ3n) is 5.28. The molecule has 2 bridgehead atoms. The number of rotatable bonds is 5. The lowest BCUT2D eigenvalue weighted by molar-refractivity contribution is -0.149. The van der Waals surface area contributed by atoms with Gasteiger partial charge in [-0.05, 0) is 49.9 Å². The molecule has 0 aromatic carbocycles. The standard InChI is InChI=1S/C15H24N2O4/c18-14(19)13-4-3-12(21-13)8-17-15(20)16-7-11-6-9-1-2-10(11)5-9/h9-13H,1-8H2,(H,18,19)(H2,16,17,20). The van der Waals surface area contributed by atoms with Gasteiger partial charge in [-0.1, -0.05) is 6.42 Å². The van der Waals surface area contributed by atoms with E-state index in [4.69, 9.17) is 9.84 Å². The van der Waals surface area contributed by atoms with E-state index in [1.54, 1.807) is 0 Å². The van der Waals surface area contributed by atoms with Crippen LogP contribution in [0.5, 0.6) is 0 Å². The van der Waals surface area contributed by atoms with Gasteiger partial charge >= 0.3 is 12.0 Å². The van der Waals surface area contributed by atoms with Crippen molar-refractivity contribution in [1.82, 2.24) is 10.6 Å². The largest absolute Gasteiger partial charge is 0.479 e. The number of fused-ring (bicyclic) bond motifs is 2. The molecule has 3 rings (SSSR count). The van der Waals surface area contributed by atoms with Gasteiger partial charge < -0.3 is 20.5 Å². The molecule has 3 fully saturated rings. The maximum absolute atomic E-state index is 11.8. The molecule has 2 saturated carbocycles. The summed E-state index contributed by atoms with van der Waals surface area (Å²) in [5, 5.41) is 14.6. The van der Waals surface area contributed by atoms with Crippen LogP contribution in [0.2, 0.25) is 0 Å². The second kappa shape index (κ2) is 6.22. The van der Waals surface area contributed by atoms with Gasteiger partial charge in [0.2, 0.25) is 0 Å². The molecule has 1 heterocycles. The van der Waals surface area contributed by atoms with E-state index in [0.717, 1.165) is 18.4 Å². The first-order chi connectivity index (χ1) is 10.1. The molecule has 0 spiro atoms. The van der Waals surface area contributed by atoms with E-state index in [9.17, 15) is 9.59 Å². The van der Waals surface area contributed by atoms with E-state index >= 15 is 0 Å². The average Bonchev–Trinajstić information content (AvgIpc) is 3.18. The van der Waals surface area contributed by atoms with Crippen molar-refractivity contribution in [3.8, 4) is 0 Å². The van der Waals surface area contributed by atoms with E-state index in [1.165, 1.54) is 25.7 Å². The number of carbonyl (C=O) groups excluding carboxylic acids is 1. The molecule has 0 aromatic rings. The molecule has 6 heteroatoms. The van der Waals surface area contributed by atoms with Gasteiger partial charge in [0.25, 0.3) is 0 Å². The van der Waals surface area contributed by atoms with Gasteiger partial charge in [-0.25, -0.2) is 9.59 Å². The molecule has 118 valence electrons. The van der Waals surface area contributed by atoms with Crippen molar-refractivity contribution in [3.63, 3.8) is 0 Å². The SMILES string of the molecule is O=C(NCC1CCC(C(=O)O)O1)NCC1CC2CCC1C2. The van der Waals surface area contributed by atoms with Crippen LogP contribution in [-0.2, 0) is 9.53 Å². The van der Waals surface area contributed by atoms with Crippen LogP contribution in [0.4, 0.5) is 4.79 Å². The van der Waals surface area contributed by atoms with E-state index < -0.39 is 12.1 Å². The van der Waals surface area contributed by atoms with Crippen molar-refractivity contribution in [2.75, 3.05) is 13.1 Å². The minimum Gasteiger partial charge on any atom is -0.479 e. The Balaban J connectivity index is 1.31. The number of hydrogen-bond acceptors (Lipinski definition) is 3. The van der Waals surface area contributed by atoms with Crippen LogP contribution < -0.4 is 10.6 Å². The van der Waals surface area contributed by atoms with Gasteiger partial charge in [0, 0.05) is 13.1 Å². The number of ether oxygens (including phenoxy) is 1. The lowest BCUT2D eigenvalue weighted by atomic mass is 9.89. The maximum atomic E-state index is 11.8. The van der Waals surface area contributed by atoms with Crippen LogP contribution in [0, 0.1) is 17.8 Å². The molecule has 3 N–H and O–H groups in total. The Morgan fingerprint density at radius 1 is 1.05 bits per heavy atom. The number of carbonyl (C=O) groups is 2. The predicted octanol–water partition coefficient (Wildman–Crippen LogP) is 1.35. The number of hydrogen-bond donors (Lipinski definition) is 3. The molecular weight excluding hydrogens is 272 g/mol. The van der Waals surface area contributed by atoms with Crippen molar-refractivity contribution in [1.29, 1.82) is 0 Å². The summed E-state index contributed by atoms with van der Waals surface area (Å²) in [5.41, 5.74) is 0. The van der Waals surface area contributed by atoms with E-state index in [0.29, 0.717) is 25.3 Å². The van der Waals surface area contributed by atoms with E-state index in [1.807, 2.05) is 0 Å². The second-order valence-corrected chi connectivity index (χ2v) is 6.69. The van der Waals surface area contributed by atoms with Gasteiger partial charge in [-0.15, -0.1) is 0 Å². The predicted molar refractivity (Wildman–Crippen MR) is 75.9 cm³/mol. The highest BCUT2D eigenvalue weighted by Gasteiger charge is 2.39. The summed E-state index contributed by atoms with van der Waals surface area (Å²) < 4.78 is 5.35. The Labute approximate surface area is 124 Å². The highest BCUT2D eigenvalue weighted by Crippen LogP contribution is 2.47.